The molecular formula is C16H26N2O5. The number of hydrogen-bond donors (Lipinski definition) is 1. The van der Waals surface area contributed by atoms with Crippen LogP contribution in [0.5, 0.6) is 0 Å². The van der Waals surface area contributed by atoms with E-state index in [2.05, 4.69) is 4.98 Å². The molecule has 0 bridgehead atoms. The molecule has 23 heavy (non-hydrogen) atoms. The molecule has 0 unspecified atom stereocenters. The second-order valence-electron chi connectivity index (χ2n) is 5.12. The zero-order valence-electron chi connectivity index (χ0n) is 14.5. The number of carbonyl (C=O) groups excluding carboxylic acids is 2. The molecule has 7 nitrogen and oxygen atoms in total. The lowest BCUT2D eigenvalue weighted by atomic mass is 10.1. The van der Waals surface area contributed by atoms with Gasteiger partial charge in [0.25, 0.3) is 5.91 Å². The molecule has 0 saturated heterocycles. The van der Waals surface area contributed by atoms with E-state index < -0.39 is 5.97 Å². The van der Waals surface area contributed by atoms with Crippen molar-refractivity contribution in [3.8, 4) is 0 Å². The summed E-state index contributed by atoms with van der Waals surface area (Å²) >= 11 is 0. The maximum Gasteiger partial charge on any atom is 0.340 e. The molecule has 0 radical (unpaired) electrons. The Morgan fingerprint density at radius 2 is 1.65 bits per heavy atom. The van der Waals surface area contributed by atoms with Crippen molar-refractivity contribution in [3.05, 3.63) is 22.5 Å². The summed E-state index contributed by atoms with van der Waals surface area (Å²) in [5.74, 6) is -0.603. The summed E-state index contributed by atoms with van der Waals surface area (Å²) in [5, 5.41) is 0. The van der Waals surface area contributed by atoms with Gasteiger partial charge in [0.05, 0.1) is 25.4 Å². The average Bonchev–Trinajstić information content (AvgIpc) is 2.82. The van der Waals surface area contributed by atoms with Gasteiger partial charge < -0.3 is 24.1 Å². The van der Waals surface area contributed by atoms with Gasteiger partial charge in [-0.05, 0) is 26.3 Å². The molecule has 0 aliphatic carbocycles. The van der Waals surface area contributed by atoms with Gasteiger partial charge in [0, 0.05) is 33.0 Å². The molecule has 1 heterocycles. The average molecular weight is 326 g/mol. The number of H-pyrrole nitrogens is 1. The van der Waals surface area contributed by atoms with E-state index in [0.717, 1.165) is 0 Å². The monoisotopic (exact) mass is 326 g/mol. The highest BCUT2D eigenvalue weighted by atomic mass is 16.5. The van der Waals surface area contributed by atoms with Crippen LogP contribution in [0.2, 0.25) is 0 Å². The van der Waals surface area contributed by atoms with Crippen LogP contribution < -0.4 is 0 Å². The first-order chi connectivity index (χ1) is 11.0. The van der Waals surface area contributed by atoms with Crippen molar-refractivity contribution in [2.24, 2.45) is 0 Å². The van der Waals surface area contributed by atoms with Crippen molar-refractivity contribution in [2.75, 3.05) is 47.1 Å². The van der Waals surface area contributed by atoms with E-state index in [1.54, 1.807) is 39.9 Å². The van der Waals surface area contributed by atoms with Gasteiger partial charge in [-0.1, -0.05) is 0 Å². The summed E-state index contributed by atoms with van der Waals surface area (Å²) < 4.78 is 15.1. The lowest BCUT2D eigenvalue weighted by molar-refractivity contribution is 0.0525. The Balaban J connectivity index is 3.04. The first-order valence-electron chi connectivity index (χ1n) is 7.61. The van der Waals surface area contributed by atoms with Crippen molar-refractivity contribution >= 4 is 11.9 Å². The van der Waals surface area contributed by atoms with Crippen molar-refractivity contribution in [1.29, 1.82) is 0 Å². The minimum Gasteiger partial charge on any atom is -0.462 e. The van der Waals surface area contributed by atoms with E-state index >= 15 is 0 Å². The summed E-state index contributed by atoms with van der Waals surface area (Å²) in [4.78, 5) is 29.4. The molecule has 130 valence electrons. The maximum atomic E-state index is 12.8. The number of amides is 1. The second kappa shape index (κ2) is 9.32. The zero-order valence-corrected chi connectivity index (χ0v) is 14.5. The molecule has 1 amide bonds. The van der Waals surface area contributed by atoms with Crippen LogP contribution in [0.4, 0.5) is 0 Å². The molecule has 0 atom stereocenters. The van der Waals surface area contributed by atoms with E-state index in [0.29, 0.717) is 55.4 Å². The summed E-state index contributed by atoms with van der Waals surface area (Å²) in [6, 6.07) is 0. The van der Waals surface area contributed by atoms with Crippen LogP contribution in [0.25, 0.3) is 0 Å². The van der Waals surface area contributed by atoms with Crippen molar-refractivity contribution < 1.29 is 23.8 Å². The Labute approximate surface area is 136 Å². The number of esters is 1. The molecule has 0 aliphatic heterocycles. The Hall–Kier alpha value is -1.86. The molecule has 7 heteroatoms. The quantitative estimate of drug-likeness (QED) is 0.696. The van der Waals surface area contributed by atoms with Crippen LogP contribution in [0, 0.1) is 13.8 Å². The lowest BCUT2D eigenvalue weighted by Gasteiger charge is -2.21. The summed E-state index contributed by atoms with van der Waals surface area (Å²) in [6.45, 7) is 7.30. The van der Waals surface area contributed by atoms with Crippen molar-refractivity contribution in [2.45, 2.75) is 20.8 Å². The summed E-state index contributed by atoms with van der Waals surface area (Å²) in [6.07, 6.45) is 0. The Morgan fingerprint density at radius 1 is 1.09 bits per heavy atom. The van der Waals surface area contributed by atoms with Crippen LogP contribution in [-0.2, 0) is 14.2 Å². The maximum absolute atomic E-state index is 12.8. The van der Waals surface area contributed by atoms with Gasteiger partial charge in [-0.25, -0.2) is 4.79 Å². The van der Waals surface area contributed by atoms with Crippen molar-refractivity contribution in [1.82, 2.24) is 9.88 Å². The third-order valence-corrected chi connectivity index (χ3v) is 3.55. The molecule has 1 aromatic heterocycles. The first-order valence-corrected chi connectivity index (χ1v) is 7.61. The fourth-order valence-corrected chi connectivity index (χ4v) is 2.35. The number of ether oxygens (including phenoxy) is 3. The number of nitrogens with zero attached hydrogens (tertiary/aromatic N) is 1. The number of hydrogen-bond acceptors (Lipinski definition) is 5. The van der Waals surface area contributed by atoms with E-state index in [-0.39, 0.29) is 5.91 Å². The molecule has 0 aromatic carbocycles. The van der Waals surface area contributed by atoms with Gasteiger partial charge in [-0.3, -0.25) is 4.79 Å². The number of methoxy groups -OCH3 is 2. The first kappa shape index (κ1) is 19.2. The lowest BCUT2D eigenvalue weighted by Crippen LogP contribution is -2.37. The van der Waals surface area contributed by atoms with Gasteiger partial charge >= 0.3 is 5.97 Å². The van der Waals surface area contributed by atoms with Crippen LogP contribution in [0.15, 0.2) is 0 Å². The number of nitrogens with one attached hydrogen (secondary N) is 1. The SMILES string of the molecule is CCOC(=O)c1c(C)[nH]c(C(=O)N(CCOC)CCOC)c1C. The minimum absolute atomic E-state index is 0.185. The normalized spacial score (nSPS) is 10.7. The minimum atomic E-state index is -0.418. The van der Waals surface area contributed by atoms with Gasteiger partial charge in [0.2, 0.25) is 0 Å². The van der Waals surface area contributed by atoms with Gasteiger partial charge in [-0.2, -0.15) is 0 Å². The fourth-order valence-electron chi connectivity index (χ4n) is 2.35. The smallest absolute Gasteiger partial charge is 0.340 e. The van der Waals surface area contributed by atoms with Gasteiger partial charge in [0.1, 0.15) is 5.69 Å². The largest absolute Gasteiger partial charge is 0.462 e. The van der Waals surface area contributed by atoms with Crippen LogP contribution >= 0.6 is 0 Å². The third-order valence-electron chi connectivity index (χ3n) is 3.55. The molecule has 1 N–H and O–H groups in total. The highest BCUT2D eigenvalue weighted by Crippen LogP contribution is 2.20. The number of aromatic nitrogens is 1. The predicted octanol–water partition coefficient (Wildman–Crippen LogP) is 1.54. The standard InChI is InChI=1S/C16H26N2O5/c1-6-23-16(20)13-11(2)14(17-12(13)3)15(19)18(7-9-21-4)8-10-22-5/h17H,6-10H2,1-5H3. The molecular weight excluding hydrogens is 300 g/mol. The number of carbonyl (C=O) groups is 2. The van der Waals surface area contributed by atoms with Crippen LogP contribution in [-0.4, -0.2) is 68.9 Å². The van der Waals surface area contributed by atoms with Crippen molar-refractivity contribution in [3.63, 3.8) is 0 Å². The van der Waals surface area contributed by atoms with Crippen LogP contribution in [0.3, 0.4) is 0 Å². The molecule has 1 rings (SSSR count). The highest BCUT2D eigenvalue weighted by Gasteiger charge is 2.25. The summed E-state index contributed by atoms with van der Waals surface area (Å²) in [5.41, 5.74) is 2.06. The van der Waals surface area contributed by atoms with Gasteiger partial charge in [-0.15, -0.1) is 0 Å². The third kappa shape index (κ3) is 4.80. The summed E-state index contributed by atoms with van der Waals surface area (Å²) in [7, 11) is 3.17. The highest BCUT2D eigenvalue weighted by molar-refractivity contribution is 6.00. The zero-order chi connectivity index (χ0) is 17.4. The molecule has 1 aromatic rings. The molecule has 0 aliphatic rings. The Kier molecular flexibility index (Phi) is 7.77. The molecule has 0 fully saturated rings. The number of aryl methyl sites for hydroxylation is 1. The van der Waals surface area contributed by atoms with E-state index in [1.165, 1.54) is 0 Å². The van der Waals surface area contributed by atoms with E-state index in [9.17, 15) is 9.59 Å². The van der Waals surface area contributed by atoms with E-state index in [4.69, 9.17) is 14.2 Å². The second-order valence-corrected chi connectivity index (χ2v) is 5.12. The van der Waals surface area contributed by atoms with Gasteiger partial charge in [0.15, 0.2) is 0 Å². The van der Waals surface area contributed by atoms with E-state index in [1.807, 2.05) is 0 Å². The number of rotatable bonds is 9. The molecule has 0 saturated carbocycles. The number of aromatic amines is 1. The predicted molar refractivity (Wildman–Crippen MR) is 85.9 cm³/mol. The topological polar surface area (TPSA) is 80.9 Å². The fraction of sp³-hybridized carbons (Fsp3) is 0.625. The Morgan fingerprint density at radius 3 is 2.13 bits per heavy atom. The van der Waals surface area contributed by atoms with Crippen LogP contribution in [0.1, 0.15) is 39.0 Å². The Bertz CT molecular complexity index is 531. The molecule has 0 spiro atoms.